The van der Waals surface area contributed by atoms with Crippen LogP contribution >= 0.6 is 0 Å². The maximum atomic E-state index is 8.09. The molecule has 6 N–H and O–H groups in total. The molecule has 0 spiro atoms. The van der Waals surface area contributed by atoms with Crippen molar-refractivity contribution in [2.45, 2.75) is 38.5 Å². The normalized spacial score (nSPS) is 9.00. The van der Waals surface area contributed by atoms with Crippen molar-refractivity contribution in [3.05, 3.63) is 0 Å². The molecular weight excluding hydrogens is 240 g/mol. The van der Waals surface area contributed by atoms with Crippen molar-refractivity contribution in [3.63, 3.8) is 0 Å². The van der Waals surface area contributed by atoms with E-state index in [1.54, 1.807) is 0 Å². The Morgan fingerprint density at radius 3 is 0.444 bits per heavy atom. The fourth-order valence-electron chi connectivity index (χ4n) is 0.671. The first-order valence-corrected chi connectivity index (χ1v) is 6.40. The molecule has 0 rings (SSSR count). The molecule has 0 saturated carbocycles. The van der Waals surface area contributed by atoms with Gasteiger partial charge in [-0.05, 0) is 38.5 Å². The largest absolute Gasteiger partial charge is 0.396 e. The summed E-state index contributed by atoms with van der Waals surface area (Å²) in [7, 11) is 0. The van der Waals surface area contributed by atoms with Crippen LogP contribution in [-0.2, 0) is 0 Å². The zero-order valence-electron chi connectivity index (χ0n) is 11.2. The van der Waals surface area contributed by atoms with Crippen molar-refractivity contribution in [2.75, 3.05) is 39.6 Å². The lowest BCUT2D eigenvalue weighted by Gasteiger charge is -1.85. The van der Waals surface area contributed by atoms with E-state index in [1.165, 1.54) is 0 Å². The molecule has 0 bridgehead atoms. The quantitative estimate of drug-likeness (QED) is 0.307. The molecule has 0 aromatic heterocycles. The Kier molecular flexibility index (Phi) is 38.3. The number of aliphatic hydroxyl groups excluding tert-OH is 6. The highest BCUT2D eigenvalue weighted by Gasteiger charge is 1.78. The van der Waals surface area contributed by atoms with Crippen LogP contribution in [0, 0.1) is 0 Å². The molecule has 0 amide bonds. The van der Waals surface area contributed by atoms with E-state index in [1.807, 2.05) is 0 Å². The highest BCUT2D eigenvalue weighted by atomic mass is 16.3. The molecule has 114 valence electrons. The summed E-state index contributed by atoms with van der Waals surface area (Å²) in [6.07, 6.45) is 4.31. The maximum Gasteiger partial charge on any atom is 0.0431 e. The minimum absolute atomic E-state index is 0.195. The second-order valence-corrected chi connectivity index (χ2v) is 3.46. The number of unbranched alkanes of at least 4 members (excludes halogenated alkanes) is 3. The van der Waals surface area contributed by atoms with Gasteiger partial charge < -0.3 is 30.6 Å². The van der Waals surface area contributed by atoms with Crippen molar-refractivity contribution in [2.24, 2.45) is 0 Å². The molecule has 0 aliphatic carbocycles. The Balaban J connectivity index is -0.000000187. The molecule has 0 atom stereocenters. The van der Waals surface area contributed by atoms with Crippen LogP contribution in [0.25, 0.3) is 0 Å². The second kappa shape index (κ2) is 30.1. The standard InChI is InChI=1S/3C4H10O2/c3*5-3-1-2-4-6/h3*5-6H,1-4H2. The SMILES string of the molecule is OCCCCO.OCCCCO.OCCCCO. The second-order valence-electron chi connectivity index (χ2n) is 3.46. The Bertz CT molecular complexity index is 71.5. The number of rotatable bonds is 9. The first-order valence-electron chi connectivity index (χ1n) is 6.40. The smallest absolute Gasteiger partial charge is 0.0431 e. The molecular formula is C12H30O6. The third kappa shape index (κ3) is 44.7. The molecule has 0 heterocycles. The van der Waals surface area contributed by atoms with Crippen LogP contribution in [0.2, 0.25) is 0 Å². The topological polar surface area (TPSA) is 121 Å². The maximum absolute atomic E-state index is 8.09. The van der Waals surface area contributed by atoms with Crippen molar-refractivity contribution in [3.8, 4) is 0 Å². The van der Waals surface area contributed by atoms with Crippen LogP contribution < -0.4 is 0 Å². The molecule has 0 aromatic carbocycles. The molecule has 0 fully saturated rings. The Hall–Kier alpha value is -0.240. The molecule has 0 aliphatic rings. The predicted molar refractivity (Wildman–Crippen MR) is 70.2 cm³/mol. The summed E-state index contributed by atoms with van der Waals surface area (Å²) >= 11 is 0. The van der Waals surface area contributed by atoms with Crippen molar-refractivity contribution < 1.29 is 30.6 Å². The average Bonchev–Trinajstić information content (AvgIpc) is 2.42. The van der Waals surface area contributed by atoms with Crippen LogP contribution in [-0.4, -0.2) is 70.3 Å². The van der Waals surface area contributed by atoms with Gasteiger partial charge in [0.25, 0.3) is 0 Å². The number of aliphatic hydroxyl groups is 6. The van der Waals surface area contributed by atoms with E-state index < -0.39 is 0 Å². The summed E-state index contributed by atoms with van der Waals surface area (Å²) in [6, 6.07) is 0. The minimum atomic E-state index is 0.195. The summed E-state index contributed by atoms with van der Waals surface area (Å²) in [5, 5.41) is 48.5. The zero-order chi connectivity index (χ0) is 14.5. The highest BCUT2D eigenvalue weighted by Crippen LogP contribution is 1.81. The van der Waals surface area contributed by atoms with Gasteiger partial charge in [0.05, 0.1) is 0 Å². The van der Waals surface area contributed by atoms with Crippen molar-refractivity contribution >= 4 is 0 Å². The zero-order valence-corrected chi connectivity index (χ0v) is 11.2. The van der Waals surface area contributed by atoms with Gasteiger partial charge in [-0.25, -0.2) is 0 Å². The summed E-state index contributed by atoms with van der Waals surface area (Å²) in [5.74, 6) is 0. The van der Waals surface area contributed by atoms with E-state index in [2.05, 4.69) is 0 Å². The van der Waals surface area contributed by atoms with Crippen LogP contribution in [0.3, 0.4) is 0 Å². The van der Waals surface area contributed by atoms with Gasteiger partial charge in [0, 0.05) is 39.6 Å². The molecule has 6 heteroatoms. The van der Waals surface area contributed by atoms with Gasteiger partial charge >= 0.3 is 0 Å². The van der Waals surface area contributed by atoms with Crippen molar-refractivity contribution in [1.29, 1.82) is 0 Å². The van der Waals surface area contributed by atoms with Gasteiger partial charge in [0.1, 0.15) is 0 Å². The number of hydrogen-bond donors (Lipinski definition) is 6. The lowest BCUT2D eigenvalue weighted by Crippen LogP contribution is -1.85. The average molecular weight is 270 g/mol. The molecule has 18 heavy (non-hydrogen) atoms. The summed E-state index contributed by atoms with van der Waals surface area (Å²) in [6.45, 7) is 1.17. The summed E-state index contributed by atoms with van der Waals surface area (Å²) in [4.78, 5) is 0. The van der Waals surface area contributed by atoms with Gasteiger partial charge in [-0.3, -0.25) is 0 Å². The molecule has 0 radical (unpaired) electrons. The first-order chi connectivity index (χ1) is 8.74. The fraction of sp³-hybridized carbons (Fsp3) is 1.00. The first kappa shape index (κ1) is 22.9. The Morgan fingerprint density at radius 2 is 0.389 bits per heavy atom. The van der Waals surface area contributed by atoms with Crippen LogP contribution in [0.5, 0.6) is 0 Å². The summed E-state index contributed by atoms with van der Waals surface area (Å²) < 4.78 is 0. The third-order valence-electron chi connectivity index (χ3n) is 1.70. The summed E-state index contributed by atoms with van der Waals surface area (Å²) in [5.41, 5.74) is 0. The van der Waals surface area contributed by atoms with Gasteiger partial charge in [-0.1, -0.05) is 0 Å². The van der Waals surface area contributed by atoms with E-state index >= 15 is 0 Å². The fourth-order valence-corrected chi connectivity index (χ4v) is 0.671. The number of hydrogen-bond acceptors (Lipinski definition) is 6. The predicted octanol–water partition coefficient (Wildman–Crippen LogP) is -0.746. The highest BCUT2D eigenvalue weighted by molar-refractivity contribution is 4.31. The molecule has 6 nitrogen and oxygen atoms in total. The Morgan fingerprint density at radius 1 is 0.278 bits per heavy atom. The van der Waals surface area contributed by atoms with E-state index in [4.69, 9.17) is 30.6 Å². The van der Waals surface area contributed by atoms with E-state index in [0.29, 0.717) is 0 Å². The van der Waals surface area contributed by atoms with E-state index in [0.717, 1.165) is 38.5 Å². The van der Waals surface area contributed by atoms with Gasteiger partial charge in [-0.2, -0.15) is 0 Å². The van der Waals surface area contributed by atoms with Gasteiger partial charge in [0.2, 0.25) is 0 Å². The van der Waals surface area contributed by atoms with Crippen LogP contribution in [0.1, 0.15) is 38.5 Å². The minimum Gasteiger partial charge on any atom is -0.396 e. The lowest BCUT2D eigenvalue weighted by atomic mass is 10.3. The van der Waals surface area contributed by atoms with Gasteiger partial charge in [-0.15, -0.1) is 0 Å². The van der Waals surface area contributed by atoms with Gasteiger partial charge in [0.15, 0.2) is 0 Å². The molecule has 0 saturated heterocycles. The van der Waals surface area contributed by atoms with Crippen molar-refractivity contribution in [1.82, 2.24) is 0 Å². The van der Waals surface area contributed by atoms with E-state index in [9.17, 15) is 0 Å². The molecule has 0 unspecified atom stereocenters. The molecule has 0 aliphatic heterocycles. The lowest BCUT2D eigenvalue weighted by molar-refractivity contribution is 0.242. The monoisotopic (exact) mass is 270 g/mol. The third-order valence-corrected chi connectivity index (χ3v) is 1.70. The van der Waals surface area contributed by atoms with Crippen LogP contribution in [0.15, 0.2) is 0 Å². The Labute approximate surface area is 110 Å². The van der Waals surface area contributed by atoms with E-state index in [-0.39, 0.29) is 39.6 Å². The molecule has 0 aromatic rings. The van der Waals surface area contributed by atoms with Crippen LogP contribution in [0.4, 0.5) is 0 Å².